The van der Waals surface area contributed by atoms with Crippen LogP contribution in [-0.4, -0.2) is 72.1 Å². The molecule has 1 saturated heterocycles. The summed E-state index contributed by atoms with van der Waals surface area (Å²) in [6, 6.07) is 10.7. The fourth-order valence-electron chi connectivity index (χ4n) is 4.19. The summed E-state index contributed by atoms with van der Waals surface area (Å²) < 4.78 is 11.2. The van der Waals surface area contributed by atoms with E-state index >= 15 is 0 Å². The minimum atomic E-state index is -0.813. The number of carbonyl (C=O) groups is 2. The number of aliphatic hydroxyl groups is 1. The fourth-order valence-corrected chi connectivity index (χ4v) is 4.19. The molecule has 1 unspecified atom stereocenters. The number of phenolic OH excluding ortho intramolecular Hbond substituents is 1. The molecule has 8 heteroatoms. The normalized spacial score (nSPS) is 17.1. The molecular formula is C28H36N2O6. The van der Waals surface area contributed by atoms with Crippen molar-refractivity contribution >= 4 is 17.4 Å². The van der Waals surface area contributed by atoms with Crippen LogP contribution in [0.5, 0.6) is 17.2 Å². The maximum atomic E-state index is 13.2. The van der Waals surface area contributed by atoms with Gasteiger partial charge in [-0.2, -0.15) is 0 Å². The topological polar surface area (TPSA) is 99.5 Å². The first-order valence-corrected chi connectivity index (χ1v) is 12.4. The van der Waals surface area contributed by atoms with Gasteiger partial charge in [-0.1, -0.05) is 19.4 Å². The molecule has 1 aliphatic rings. The second-order valence-electron chi connectivity index (χ2n) is 9.04. The van der Waals surface area contributed by atoms with E-state index in [2.05, 4.69) is 6.92 Å². The van der Waals surface area contributed by atoms with Crippen molar-refractivity contribution in [3.63, 3.8) is 0 Å². The lowest BCUT2D eigenvalue weighted by Crippen LogP contribution is -2.32. The van der Waals surface area contributed by atoms with Crippen LogP contribution in [0.4, 0.5) is 0 Å². The number of aliphatic hydroxyl groups excluding tert-OH is 1. The number of rotatable bonds is 12. The minimum Gasteiger partial charge on any atom is -0.507 e. The van der Waals surface area contributed by atoms with Crippen molar-refractivity contribution in [1.29, 1.82) is 0 Å². The number of benzene rings is 2. The van der Waals surface area contributed by atoms with Gasteiger partial charge in [0.2, 0.25) is 0 Å². The van der Waals surface area contributed by atoms with Crippen molar-refractivity contribution in [1.82, 2.24) is 9.80 Å². The van der Waals surface area contributed by atoms with E-state index in [9.17, 15) is 19.8 Å². The number of phenols is 1. The van der Waals surface area contributed by atoms with E-state index in [0.29, 0.717) is 43.1 Å². The molecule has 0 aliphatic carbocycles. The van der Waals surface area contributed by atoms with Gasteiger partial charge in [-0.3, -0.25) is 9.59 Å². The van der Waals surface area contributed by atoms with Crippen molar-refractivity contribution in [2.45, 2.75) is 39.2 Å². The molecule has 194 valence electrons. The van der Waals surface area contributed by atoms with Gasteiger partial charge in [0, 0.05) is 12.1 Å². The smallest absolute Gasteiger partial charge is 0.295 e. The molecule has 8 nitrogen and oxygen atoms in total. The molecular weight excluding hydrogens is 460 g/mol. The van der Waals surface area contributed by atoms with Crippen LogP contribution in [0.3, 0.4) is 0 Å². The van der Waals surface area contributed by atoms with Crippen LogP contribution in [0.2, 0.25) is 0 Å². The Morgan fingerprint density at radius 3 is 2.39 bits per heavy atom. The summed E-state index contributed by atoms with van der Waals surface area (Å²) in [5.41, 5.74) is 0.997. The number of hydrogen-bond donors (Lipinski definition) is 2. The molecule has 1 atom stereocenters. The first-order valence-electron chi connectivity index (χ1n) is 12.4. The van der Waals surface area contributed by atoms with Crippen LogP contribution in [-0.2, 0) is 9.59 Å². The van der Waals surface area contributed by atoms with Crippen LogP contribution in [0.15, 0.2) is 48.0 Å². The van der Waals surface area contributed by atoms with Crippen LogP contribution < -0.4 is 9.47 Å². The van der Waals surface area contributed by atoms with E-state index in [0.717, 1.165) is 19.4 Å². The van der Waals surface area contributed by atoms with Gasteiger partial charge in [-0.25, -0.2) is 0 Å². The third-order valence-corrected chi connectivity index (χ3v) is 6.04. The second kappa shape index (κ2) is 12.4. The molecule has 0 spiro atoms. The number of Topliss-reactive ketones (excluding diaryl/α,β-unsaturated/α-hetero) is 1. The largest absolute Gasteiger partial charge is 0.507 e. The molecule has 36 heavy (non-hydrogen) atoms. The Kier molecular flexibility index (Phi) is 9.36. The highest BCUT2D eigenvalue weighted by Crippen LogP contribution is 2.42. The van der Waals surface area contributed by atoms with E-state index in [4.69, 9.17) is 9.47 Å². The van der Waals surface area contributed by atoms with Crippen LogP contribution >= 0.6 is 0 Å². The number of aromatic hydroxyl groups is 1. The summed E-state index contributed by atoms with van der Waals surface area (Å²) in [5, 5.41) is 21.4. The van der Waals surface area contributed by atoms with Crippen molar-refractivity contribution in [3.8, 4) is 17.2 Å². The molecule has 2 aromatic rings. The fraction of sp³-hybridized carbons (Fsp3) is 0.429. The monoisotopic (exact) mass is 496 g/mol. The summed E-state index contributed by atoms with van der Waals surface area (Å²) in [6.07, 6.45) is 2.61. The number of nitrogens with zero attached hydrogens (tertiary/aromatic N) is 2. The first kappa shape index (κ1) is 27.1. The van der Waals surface area contributed by atoms with Crippen molar-refractivity contribution in [3.05, 3.63) is 59.2 Å². The maximum Gasteiger partial charge on any atom is 0.295 e. The number of unbranched alkanes of at least 4 members (excludes halogenated alkanes) is 1. The molecule has 0 saturated carbocycles. The van der Waals surface area contributed by atoms with Crippen molar-refractivity contribution < 1.29 is 29.3 Å². The Morgan fingerprint density at radius 2 is 1.75 bits per heavy atom. The van der Waals surface area contributed by atoms with E-state index in [1.165, 1.54) is 11.0 Å². The Labute approximate surface area is 212 Å². The average molecular weight is 497 g/mol. The van der Waals surface area contributed by atoms with Gasteiger partial charge in [0.25, 0.3) is 11.7 Å². The summed E-state index contributed by atoms with van der Waals surface area (Å²) in [5.74, 6) is -0.769. The molecule has 0 bridgehead atoms. The molecule has 1 amide bonds. The van der Waals surface area contributed by atoms with E-state index in [1.54, 1.807) is 43.3 Å². The quantitative estimate of drug-likeness (QED) is 0.195. The van der Waals surface area contributed by atoms with Crippen molar-refractivity contribution in [2.75, 3.05) is 40.4 Å². The third-order valence-electron chi connectivity index (χ3n) is 6.04. The van der Waals surface area contributed by atoms with Gasteiger partial charge in [0.15, 0.2) is 11.5 Å². The Balaban J connectivity index is 2.03. The lowest BCUT2D eigenvalue weighted by atomic mass is 9.95. The Bertz CT molecular complexity index is 1090. The second-order valence-corrected chi connectivity index (χ2v) is 9.04. The number of ketones is 1. The van der Waals surface area contributed by atoms with Crippen molar-refractivity contribution in [2.24, 2.45) is 0 Å². The number of hydrogen-bond acceptors (Lipinski definition) is 7. The highest BCUT2D eigenvalue weighted by Gasteiger charge is 2.46. The number of likely N-dealkylation sites (tertiary alicyclic amines) is 1. The average Bonchev–Trinajstić information content (AvgIpc) is 3.10. The summed E-state index contributed by atoms with van der Waals surface area (Å²) in [4.78, 5) is 29.8. The predicted molar refractivity (Wildman–Crippen MR) is 138 cm³/mol. The summed E-state index contributed by atoms with van der Waals surface area (Å²) >= 11 is 0. The zero-order valence-corrected chi connectivity index (χ0v) is 21.5. The zero-order chi connectivity index (χ0) is 26.2. The first-order chi connectivity index (χ1) is 17.3. The number of carbonyl (C=O) groups excluding carboxylic acids is 2. The molecule has 1 fully saturated rings. The van der Waals surface area contributed by atoms with Gasteiger partial charge in [-0.15, -0.1) is 0 Å². The van der Waals surface area contributed by atoms with E-state index in [-0.39, 0.29) is 22.8 Å². The molecule has 3 rings (SSSR count). The number of amides is 1. The SMILES string of the molecule is CCCCOc1ccc(/C(O)=C2\C(=O)C(=O)N(CCCN(C)C)C2c2ccc(O)c(OCC)c2)cc1. The van der Waals surface area contributed by atoms with E-state index in [1.807, 2.05) is 19.0 Å². The Morgan fingerprint density at radius 1 is 1.03 bits per heavy atom. The standard InChI is InChI=1S/C28H36N2O6/c1-5-7-17-36-21-12-9-19(10-13-21)26(32)24-25(20-11-14-22(31)23(18-20)35-6-2)30(28(34)27(24)33)16-8-15-29(3)4/h9-14,18,25,31-32H,5-8,15-17H2,1-4H3/b26-24+. The summed E-state index contributed by atoms with van der Waals surface area (Å²) in [6.45, 7) is 5.89. The number of ether oxygens (including phenoxy) is 2. The summed E-state index contributed by atoms with van der Waals surface area (Å²) in [7, 11) is 3.88. The lowest BCUT2D eigenvalue weighted by molar-refractivity contribution is -0.139. The van der Waals surface area contributed by atoms with E-state index < -0.39 is 17.7 Å². The van der Waals surface area contributed by atoms with Gasteiger partial charge in [0.05, 0.1) is 24.8 Å². The van der Waals surface area contributed by atoms with Crippen LogP contribution in [0.1, 0.15) is 50.3 Å². The van der Waals surface area contributed by atoms with Crippen LogP contribution in [0.25, 0.3) is 5.76 Å². The van der Waals surface area contributed by atoms with Gasteiger partial charge < -0.3 is 29.5 Å². The van der Waals surface area contributed by atoms with Gasteiger partial charge in [-0.05, 0) is 82.4 Å². The third kappa shape index (κ3) is 6.18. The predicted octanol–water partition coefficient (Wildman–Crippen LogP) is 4.34. The molecule has 2 aromatic carbocycles. The van der Waals surface area contributed by atoms with Gasteiger partial charge in [0.1, 0.15) is 11.5 Å². The molecule has 1 aliphatic heterocycles. The molecule has 0 aromatic heterocycles. The highest BCUT2D eigenvalue weighted by molar-refractivity contribution is 6.46. The minimum absolute atomic E-state index is 0.0117. The molecule has 0 radical (unpaired) electrons. The lowest BCUT2D eigenvalue weighted by Gasteiger charge is -2.26. The molecule has 1 heterocycles. The molecule has 2 N–H and O–H groups in total. The zero-order valence-electron chi connectivity index (χ0n) is 21.5. The Hall–Kier alpha value is -3.52. The van der Waals surface area contributed by atoms with Gasteiger partial charge >= 0.3 is 0 Å². The van der Waals surface area contributed by atoms with Crippen LogP contribution in [0, 0.1) is 0 Å². The highest BCUT2D eigenvalue weighted by atomic mass is 16.5. The maximum absolute atomic E-state index is 13.2.